The molecule has 0 bridgehead atoms. The van der Waals surface area contributed by atoms with Crippen LogP contribution in [0.1, 0.15) is 11.1 Å². The maximum Gasteiger partial charge on any atom is 0.119 e. The average molecular weight is 282 g/mol. The van der Waals surface area contributed by atoms with Crippen molar-refractivity contribution in [1.29, 1.82) is 5.26 Å². The van der Waals surface area contributed by atoms with Crippen LogP contribution in [-0.4, -0.2) is 23.9 Å². The number of hydrogen-bond acceptors (Lipinski definition) is 4. The van der Waals surface area contributed by atoms with E-state index in [4.69, 9.17) is 15.7 Å². The second-order valence-corrected chi connectivity index (χ2v) is 4.87. The Balaban J connectivity index is 1.83. The highest BCUT2D eigenvalue weighted by Crippen LogP contribution is 2.12. The van der Waals surface area contributed by atoms with Gasteiger partial charge in [-0.05, 0) is 36.2 Å². The van der Waals surface area contributed by atoms with Gasteiger partial charge in [-0.2, -0.15) is 5.26 Å². The molecule has 2 atom stereocenters. The predicted molar refractivity (Wildman–Crippen MR) is 80.8 cm³/mol. The number of aliphatic hydroxyl groups is 1. The SMILES string of the molecule is N#Cc1ccc(OCC(O)C(N)Cc2ccccc2)cc1. The number of rotatable bonds is 6. The van der Waals surface area contributed by atoms with Crippen molar-refractivity contribution < 1.29 is 9.84 Å². The Bertz CT molecular complexity index is 590. The highest BCUT2D eigenvalue weighted by Gasteiger charge is 2.16. The molecule has 0 saturated carbocycles. The molecule has 21 heavy (non-hydrogen) atoms. The minimum absolute atomic E-state index is 0.125. The van der Waals surface area contributed by atoms with Gasteiger partial charge in [-0.15, -0.1) is 0 Å². The van der Waals surface area contributed by atoms with Crippen LogP contribution in [0, 0.1) is 11.3 Å². The minimum Gasteiger partial charge on any atom is -0.491 e. The summed E-state index contributed by atoms with van der Waals surface area (Å²) in [7, 11) is 0. The number of aliphatic hydroxyl groups excluding tert-OH is 1. The summed E-state index contributed by atoms with van der Waals surface area (Å²) >= 11 is 0. The average Bonchev–Trinajstić information content (AvgIpc) is 2.54. The van der Waals surface area contributed by atoms with Gasteiger partial charge in [0.15, 0.2) is 0 Å². The summed E-state index contributed by atoms with van der Waals surface area (Å²) in [5, 5.41) is 18.8. The van der Waals surface area contributed by atoms with Crippen LogP contribution in [0.4, 0.5) is 0 Å². The topological polar surface area (TPSA) is 79.3 Å². The van der Waals surface area contributed by atoms with Crippen LogP contribution >= 0.6 is 0 Å². The molecule has 4 nitrogen and oxygen atoms in total. The fourth-order valence-electron chi connectivity index (χ4n) is 1.95. The number of nitrogens with zero attached hydrogens (tertiary/aromatic N) is 1. The molecule has 0 aliphatic carbocycles. The summed E-state index contributed by atoms with van der Waals surface area (Å²) in [6, 6.07) is 18.2. The lowest BCUT2D eigenvalue weighted by Crippen LogP contribution is -2.40. The Kier molecular flexibility index (Phi) is 5.33. The first-order valence-electron chi connectivity index (χ1n) is 6.79. The maximum absolute atomic E-state index is 10.0. The molecule has 0 aromatic heterocycles. The molecule has 0 radical (unpaired) electrons. The van der Waals surface area contributed by atoms with Gasteiger partial charge in [-0.25, -0.2) is 0 Å². The van der Waals surface area contributed by atoms with Crippen molar-refractivity contribution in [2.75, 3.05) is 6.61 Å². The predicted octanol–water partition coefficient (Wildman–Crippen LogP) is 1.87. The summed E-state index contributed by atoms with van der Waals surface area (Å²) in [5.41, 5.74) is 7.64. The highest BCUT2D eigenvalue weighted by atomic mass is 16.5. The third kappa shape index (κ3) is 4.60. The zero-order valence-electron chi connectivity index (χ0n) is 11.6. The summed E-state index contributed by atoms with van der Waals surface area (Å²) in [5.74, 6) is 0.611. The molecular formula is C17H18N2O2. The van der Waals surface area contributed by atoms with Crippen molar-refractivity contribution in [2.24, 2.45) is 5.73 Å². The number of nitrogens with two attached hydrogens (primary N) is 1. The number of hydrogen-bond donors (Lipinski definition) is 2. The van der Waals surface area contributed by atoms with E-state index in [1.807, 2.05) is 36.4 Å². The molecule has 0 spiro atoms. The Hall–Kier alpha value is -2.35. The van der Waals surface area contributed by atoms with Crippen LogP contribution in [0.3, 0.4) is 0 Å². The molecule has 3 N–H and O–H groups in total. The molecule has 0 aliphatic heterocycles. The van der Waals surface area contributed by atoms with E-state index in [0.717, 1.165) is 5.56 Å². The molecule has 0 fully saturated rings. The summed E-state index contributed by atoms with van der Waals surface area (Å²) in [6.45, 7) is 0.125. The van der Waals surface area contributed by atoms with Crippen molar-refractivity contribution in [2.45, 2.75) is 18.6 Å². The first-order chi connectivity index (χ1) is 10.2. The van der Waals surface area contributed by atoms with Gasteiger partial charge in [0, 0.05) is 6.04 Å². The van der Waals surface area contributed by atoms with Crippen molar-refractivity contribution in [3.8, 4) is 11.8 Å². The lowest BCUT2D eigenvalue weighted by molar-refractivity contribution is 0.0851. The van der Waals surface area contributed by atoms with E-state index in [1.165, 1.54) is 0 Å². The quantitative estimate of drug-likeness (QED) is 0.847. The fourth-order valence-corrected chi connectivity index (χ4v) is 1.95. The molecule has 2 rings (SSSR count). The number of benzene rings is 2. The first-order valence-corrected chi connectivity index (χ1v) is 6.79. The number of nitriles is 1. The molecule has 0 heterocycles. The van der Waals surface area contributed by atoms with E-state index in [2.05, 4.69) is 0 Å². The van der Waals surface area contributed by atoms with Gasteiger partial charge in [-0.1, -0.05) is 30.3 Å². The largest absolute Gasteiger partial charge is 0.491 e. The van der Waals surface area contributed by atoms with Gasteiger partial charge in [0.2, 0.25) is 0 Å². The van der Waals surface area contributed by atoms with Gasteiger partial charge in [0.1, 0.15) is 18.5 Å². The van der Waals surface area contributed by atoms with Gasteiger partial charge in [0.05, 0.1) is 11.6 Å². The van der Waals surface area contributed by atoms with E-state index in [-0.39, 0.29) is 12.6 Å². The molecule has 108 valence electrons. The lowest BCUT2D eigenvalue weighted by Gasteiger charge is -2.19. The molecule has 2 aromatic carbocycles. The lowest BCUT2D eigenvalue weighted by atomic mass is 10.0. The Labute approximate surface area is 124 Å². The van der Waals surface area contributed by atoms with Crippen LogP contribution in [0.2, 0.25) is 0 Å². The molecule has 0 amide bonds. The Morgan fingerprint density at radius 3 is 2.38 bits per heavy atom. The Morgan fingerprint density at radius 1 is 1.10 bits per heavy atom. The van der Waals surface area contributed by atoms with Gasteiger partial charge < -0.3 is 15.6 Å². The highest BCUT2D eigenvalue weighted by molar-refractivity contribution is 5.34. The first kappa shape index (κ1) is 15.0. The maximum atomic E-state index is 10.0. The molecule has 2 aromatic rings. The van der Waals surface area contributed by atoms with E-state index >= 15 is 0 Å². The van der Waals surface area contributed by atoms with E-state index in [9.17, 15) is 5.11 Å². The Morgan fingerprint density at radius 2 is 1.76 bits per heavy atom. The fraction of sp³-hybridized carbons (Fsp3) is 0.235. The van der Waals surface area contributed by atoms with Crippen molar-refractivity contribution >= 4 is 0 Å². The van der Waals surface area contributed by atoms with Crippen LogP contribution in [0.25, 0.3) is 0 Å². The second kappa shape index (κ2) is 7.44. The van der Waals surface area contributed by atoms with Gasteiger partial charge >= 0.3 is 0 Å². The molecule has 4 heteroatoms. The minimum atomic E-state index is -0.749. The molecule has 0 aliphatic rings. The third-order valence-corrected chi connectivity index (χ3v) is 3.21. The zero-order valence-corrected chi connectivity index (χ0v) is 11.6. The normalized spacial score (nSPS) is 13.2. The smallest absolute Gasteiger partial charge is 0.119 e. The number of ether oxygens (including phenoxy) is 1. The van der Waals surface area contributed by atoms with Crippen LogP contribution < -0.4 is 10.5 Å². The summed E-state index contributed by atoms with van der Waals surface area (Å²) in [6.07, 6.45) is -0.153. The molecule has 0 saturated heterocycles. The zero-order chi connectivity index (χ0) is 15.1. The van der Waals surface area contributed by atoms with Crippen molar-refractivity contribution in [3.63, 3.8) is 0 Å². The molecule has 2 unspecified atom stereocenters. The van der Waals surface area contributed by atoms with Crippen LogP contribution in [0.5, 0.6) is 5.75 Å². The van der Waals surface area contributed by atoms with Crippen LogP contribution in [0.15, 0.2) is 54.6 Å². The third-order valence-electron chi connectivity index (χ3n) is 3.21. The van der Waals surface area contributed by atoms with Gasteiger partial charge in [0.25, 0.3) is 0 Å². The van der Waals surface area contributed by atoms with E-state index in [1.54, 1.807) is 24.3 Å². The monoisotopic (exact) mass is 282 g/mol. The van der Waals surface area contributed by atoms with Crippen molar-refractivity contribution in [3.05, 3.63) is 65.7 Å². The van der Waals surface area contributed by atoms with E-state index in [0.29, 0.717) is 17.7 Å². The summed E-state index contributed by atoms with van der Waals surface area (Å²) < 4.78 is 5.49. The van der Waals surface area contributed by atoms with E-state index < -0.39 is 6.10 Å². The second-order valence-electron chi connectivity index (χ2n) is 4.87. The van der Waals surface area contributed by atoms with Crippen LogP contribution in [-0.2, 0) is 6.42 Å². The summed E-state index contributed by atoms with van der Waals surface area (Å²) in [4.78, 5) is 0. The molecular weight excluding hydrogens is 264 g/mol. The van der Waals surface area contributed by atoms with Crippen molar-refractivity contribution in [1.82, 2.24) is 0 Å². The van der Waals surface area contributed by atoms with Gasteiger partial charge in [-0.3, -0.25) is 0 Å². The standard InChI is InChI=1S/C17H18N2O2/c18-11-14-6-8-15(9-7-14)21-12-17(20)16(19)10-13-4-2-1-3-5-13/h1-9,16-17,20H,10,12,19H2.